The van der Waals surface area contributed by atoms with Crippen molar-refractivity contribution in [2.24, 2.45) is 0 Å². The lowest BCUT2D eigenvalue weighted by Gasteiger charge is -2.39. The molecule has 0 spiro atoms. The van der Waals surface area contributed by atoms with E-state index in [-0.39, 0.29) is 5.54 Å². The Labute approximate surface area is 144 Å². The summed E-state index contributed by atoms with van der Waals surface area (Å²) >= 11 is 0. The Morgan fingerprint density at radius 1 is 1.04 bits per heavy atom. The zero-order valence-corrected chi connectivity index (χ0v) is 17.0. The molecule has 1 aliphatic rings. The van der Waals surface area contributed by atoms with Crippen molar-refractivity contribution in [2.75, 3.05) is 0 Å². The maximum absolute atomic E-state index is 3.93. The first kappa shape index (κ1) is 19.7. The Morgan fingerprint density at radius 3 is 2.04 bits per heavy atom. The molecule has 0 heterocycles. The molecule has 1 N–H and O–H groups in total. The van der Waals surface area contributed by atoms with Crippen molar-refractivity contribution in [3.05, 3.63) is 66.3 Å². The van der Waals surface area contributed by atoms with E-state index >= 15 is 0 Å². The molecule has 2 rings (SSSR count). The summed E-state index contributed by atoms with van der Waals surface area (Å²) in [6.07, 6.45) is 3.28. The van der Waals surface area contributed by atoms with Gasteiger partial charge in [-0.2, -0.15) is 0 Å². The SMILES string of the molecule is C=CC=C.CC1=C(C)C([Si](C)(C)NC(C)(C)C)c2ccccc21. The van der Waals surface area contributed by atoms with Gasteiger partial charge in [-0.05, 0) is 51.3 Å². The predicted octanol–water partition coefficient (Wildman–Crippen LogP) is 6.07. The standard InChI is InChI=1S/C17H27NSi.C4H6/c1-12-13(2)16(15-11-9-8-10-14(12)15)19(6,7)18-17(3,4)5;1-3-4-2/h8-11,16,18H,1-7H3;3-4H,1-2H2. The molecule has 0 fully saturated rings. The summed E-state index contributed by atoms with van der Waals surface area (Å²) in [7, 11) is -1.57. The summed E-state index contributed by atoms with van der Waals surface area (Å²) in [4.78, 5) is 3.93. The molecule has 23 heavy (non-hydrogen) atoms. The van der Waals surface area contributed by atoms with E-state index in [0.717, 1.165) is 0 Å². The monoisotopic (exact) mass is 327 g/mol. The van der Waals surface area contributed by atoms with Crippen molar-refractivity contribution in [3.8, 4) is 0 Å². The minimum absolute atomic E-state index is 0.182. The quantitative estimate of drug-likeness (QED) is 0.525. The van der Waals surface area contributed by atoms with Gasteiger partial charge in [-0.1, -0.05) is 68.2 Å². The van der Waals surface area contributed by atoms with Crippen LogP contribution in [0.15, 0.2) is 55.1 Å². The van der Waals surface area contributed by atoms with Crippen LogP contribution in [0.2, 0.25) is 13.1 Å². The third-order valence-electron chi connectivity index (χ3n) is 4.29. The highest BCUT2D eigenvalue weighted by Gasteiger charge is 2.41. The molecule has 0 radical (unpaired) electrons. The van der Waals surface area contributed by atoms with E-state index in [1.54, 1.807) is 17.7 Å². The fourth-order valence-electron chi connectivity index (χ4n) is 3.72. The second-order valence-corrected chi connectivity index (χ2v) is 12.2. The fourth-order valence-corrected chi connectivity index (χ4v) is 8.13. The first-order chi connectivity index (χ1) is 10.5. The molecular formula is C21H33NSi. The Hall–Kier alpha value is -1.38. The third-order valence-corrected chi connectivity index (χ3v) is 7.87. The minimum Gasteiger partial charge on any atom is -0.332 e. The lowest BCUT2D eigenvalue weighted by atomic mass is 10.1. The molecule has 0 saturated carbocycles. The van der Waals surface area contributed by atoms with Gasteiger partial charge in [0, 0.05) is 11.1 Å². The maximum Gasteiger partial charge on any atom is 0.131 e. The Balaban J connectivity index is 0.000000593. The Bertz CT molecular complexity index is 597. The van der Waals surface area contributed by atoms with E-state index in [1.807, 2.05) is 0 Å². The second-order valence-electron chi connectivity index (χ2n) is 7.90. The van der Waals surface area contributed by atoms with Crippen molar-refractivity contribution >= 4 is 13.8 Å². The van der Waals surface area contributed by atoms with Gasteiger partial charge in [-0.25, -0.2) is 0 Å². The van der Waals surface area contributed by atoms with Gasteiger partial charge in [0.1, 0.15) is 8.24 Å². The number of hydrogen-bond acceptors (Lipinski definition) is 1. The summed E-state index contributed by atoms with van der Waals surface area (Å²) in [6.45, 7) is 23.1. The highest BCUT2D eigenvalue weighted by Crippen LogP contribution is 2.45. The molecule has 126 valence electrons. The predicted molar refractivity (Wildman–Crippen MR) is 108 cm³/mol. The summed E-state index contributed by atoms with van der Waals surface area (Å²) in [5.74, 6) is 0. The smallest absolute Gasteiger partial charge is 0.131 e. The van der Waals surface area contributed by atoms with E-state index in [1.165, 1.54) is 16.7 Å². The summed E-state index contributed by atoms with van der Waals surface area (Å²) in [6, 6.07) is 8.93. The molecule has 0 saturated heterocycles. The van der Waals surface area contributed by atoms with E-state index in [9.17, 15) is 0 Å². The molecule has 0 amide bonds. The highest BCUT2D eigenvalue weighted by molar-refractivity contribution is 6.77. The van der Waals surface area contributed by atoms with Gasteiger partial charge < -0.3 is 4.98 Å². The van der Waals surface area contributed by atoms with E-state index in [0.29, 0.717) is 5.54 Å². The third kappa shape index (κ3) is 4.79. The highest BCUT2D eigenvalue weighted by atomic mass is 28.3. The zero-order chi connectivity index (χ0) is 17.8. The lowest BCUT2D eigenvalue weighted by Crippen LogP contribution is -2.58. The van der Waals surface area contributed by atoms with Gasteiger partial charge in [0.15, 0.2) is 0 Å². The number of rotatable bonds is 3. The maximum atomic E-state index is 3.93. The minimum atomic E-state index is -1.57. The zero-order valence-electron chi connectivity index (χ0n) is 16.0. The van der Waals surface area contributed by atoms with Gasteiger partial charge >= 0.3 is 0 Å². The van der Waals surface area contributed by atoms with Crippen LogP contribution in [0.1, 0.15) is 51.3 Å². The molecule has 1 atom stereocenters. The number of hydrogen-bond donors (Lipinski definition) is 1. The molecule has 1 nitrogen and oxygen atoms in total. The number of fused-ring (bicyclic) bond motifs is 1. The Kier molecular flexibility index (Phi) is 6.38. The van der Waals surface area contributed by atoms with Crippen LogP contribution in [0.3, 0.4) is 0 Å². The number of benzene rings is 1. The van der Waals surface area contributed by atoms with Gasteiger partial charge in [0.2, 0.25) is 0 Å². The van der Waals surface area contributed by atoms with Crippen LogP contribution in [-0.2, 0) is 0 Å². The van der Waals surface area contributed by atoms with Crippen molar-refractivity contribution in [1.29, 1.82) is 0 Å². The van der Waals surface area contributed by atoms with Gasteiger partial charge in [-0.3, -0.25) is 0 Å². The van der Waals surface area contributed by atoms with Gasteiger partial charge in [-0.15, -0.1) is 0 Å². The van der Waals surface area contributed by atoms with E-state index in [4.69, 9.17) is 0 Å². The normalized spacial score (nSPS) is 17.3. The molecule has 1 aromatic carbocycles. The van der Waals surface area contributed by atoms with Crippen LogP contribution >= 0.6 is 0 Å². The molecule has 0 bridgehead atoms. The molecule has 2 heteroatoms. The molecular weight excluding hydrogens is 294 g/mol. The van der Waals surface area contributed by atoms with E-state index < -0.39 is 8.24 Å². The second kappa shape index (κ2) is 7.46. The van der Waals surface area contributed by atoms with Gasteiger partial charge in [0.25, 0.3) is 0 Å². The molecule has 1 unspecified atom stereocenters. The topological polar surface area (TPSA) is 12.0 Å². The average molecular weight is 328 g/mol. The summed E-state index contributed by atoms with van der Waals surface area (Å²) in [5, 5.41) is 0. The first-order valence-corrected chi connectivity index (χ1v) is 11.4. The molecule has 0 aliphatic heterocycles. The van der Waals surface area contributed by atoms with Crippen LogP contribution < -0.4 is 4.98 Å². The van der Waals surface area contributed by atoms with Crippen molar-refractivity contribution in [1.82, 2.24) is 4.98 Å². The van der Waals surface area contributed by atoms with Crippen LogP contribution in [0.4, 0.5) is 0 Å². The van der Waals surface area contributed by atoms with Crippen LogP contribution in [0.25, 0.3) is 5.57 Å². The lowest BCUT2D eigenvalue weighted by molar-refractivity contribution is 0.508. The Morgan fingerprint density at radius 2 is 1.57 bits per heavy atom. The summed E-state index contributed by atoms with van der Waals surface area (Å²) < 4.78 is 0. The fraction of sp³-hybridized carbons (Fsp3) is 0.429. The van der Waals surface area contributed by atoms with Crippen molar-refractivity contribution in [2.45, 2.75) is 58.8 Å². The largest absolute Gasteiger partial charge is 0.332 e. The molecule has 1 aliphatic carbocycles. The summed E-state index contributed by atoms with van der Waals surface area (Å²) in [5.41, 5.74) is 6.82. The number of allylic oxidation sites excluding steroid dienone is 4. The number of nitrogens with one attached hydrogen (secondary N) is 1. The average Bonchev–Trinajstić information content (AvgIpc) is 2.69. The van der Waals surface area contributed by atoms with Crippen molar-refractivity contribution in [3.63, 3.8) is 0 Å². The van der Waals surface area contributed by atoms with Crippen LogP contribution in [0.5, 0.6) is 0 Å². The van der Waals surface area contributed by atoms with Crippen LogP contribution in [0, 0.1) is 0 Å². The first-order valence-electron chi connectivity index (χ1n) is 8.34. The van der Waals surface area contributed by atoms with Crippen LogP contribution in [-0.4, -0.2) is 13.8 Å². The van der Waals surface area contributed by atoms with Gasteiger partial charge in [0.05, 0.1) is 0 Å². The van der Waals surface area contributed by atoms with Crippen molar-refractivity contribution < 1.29 is 0 Å². The van der Waals surface area contributed by atoms with E-state index in [2.05, 4.69) is 90.1 Å². The molecule has 1 aromatic rings. The molecule has 0 aromatic heterocycles.